The Morgan fingerprint density at radius 1 is 1.69 bits per heavy atom. The molecule has 0 spiro atoms. The highest BCUT2D eigenvalue weighted by Gasteiger charge is 2.11. The summed E-state index contributed by atoms with van der Waals surface area (Å²) in [6.45, 7) is 2.31. The van der Waals surface area contributed by atoms with E-state index in [0.29, 0.717) is 6.73 Å². The highest BCUT2D eigenvalue weighted by molar-refractivity contribution is 7.10. The summed E-state index contributed by atoms with van der Waals surface area (Å²) in [6.07, 6.45) is 0. The van der Waals surface area contributed by atoms with Crippen LogP contribution in [0.25, 0.3) is 0 Å². The average molecular weight is 199 g/mol. The molecule has 0 saturated heterocycles. The van der Waals surface area contributed by atoms with E-state index in [-0.39, 0.29) is 5.91 Å². The van der Waals surface area contributed by atoms with Gasteiger partial charge in [-0.25, -0.2) is 0 Å². The third kappa shape index (κ3) is 2.54. The van der Waals surface area contributed by atoms with Gasteiger partial charge in [0.1, 0.15) is 6.73 Å². The van der Waals surface area contributed by atoms with Crippen LogP contribution in [0.5, 0.6) is 0 Å². The summed E-state index contributed by atoms with van der Waals surface area (Å²) < 4.78 is 4.86. The molecule has 1 aromatic heterocycles. The van der Waals surface area contributed by atoms with E-state index < -0.39 is 0 Å². The third-order valence-electron chi connectivity index (χ3n) is 1.65. The summed E-state index contributed by atoms with van der Waals surface area (Å²) in [7, 11) is 3.29. The summed E-state index contributed by atoms with van der Waals surface area (Å²) in [5, 5.41) is 1.86. The monoisotopic (exact) mass is 199 g/mol. The van der Waals surface area contributed by atoms with E-state index in [4.69, 9.17) is 4.74 Å². The highest BCUT2D eigenvalue weighted by Crippen LogP contribution is 2.14. The van der Waals surface area contributed by atoms with Crippen molar-refractivity contribution in [1.29, 1.82) is 0 Å². The van der Waals surface area contributed by atoms with Crippen LogP contribution in [0.1, 0.15) is 15.2 Å². The van der Waals surface area contributed by atoms with Crippen molar-refractivity contribution in [2.45, 2.75) is 6.92 Å². The lowest BCUT2D eigenvalue weighted by molar-refractivity contribution is 0.0508. The molecule has 0 aromatic carbocycles. The fraction of sp³-hybridized carbons (Fsp3) is 0.444. The number of nitrogens with zero attached hydrogens (tertiary/aromatic N) is 1. The Bertz CT molecular complexity index is 296. The van der Waals surface area contributed by atoms with Crippen LogP contribution >= 0.6 is 11.3 Å². The van der Waals surface area contributed by atoms with Crippen LogP contribution < -0.4 is 0 Å². The summed E-state index contributed by atoms with van der Waals surface area (Å²) in [4.78, 5) is 14.3. The Balaban J connectivity index is 2.67. The van der Waals surface area contributed by atoms with E-state index in [1.807, 2.05) is 18.4 Å². The first-order valence-corrected chi connectivity index (χ1v) is 4.82. The Labute approximate surface area is 81.9 Å². The standard InChI is InChI=1S/C9H13NO2S/c1-7-4-8(5-13-7)9(11)10(2)6-12-3/h4-5H,6H2,1-3H3. The number of hydrogen-bond acceptors (Lipinski definition) is 3. The molecule has 4 heteroatoms. The summed E-state index contributed by atoms with van der Waals surface area (Å²) in [5.41, 5.74) is 0.738. The largest absolute Gasteiger partial charge is 0.364 e. The van der Waals surface area contributed by atoms with Gasteiger partial charge >= 0.3 is 0 Å². The Morgan fingerprint density at radius 2 is 2.38 bits per heavy atom. The number of rotatable bonds is 3. The maximum Gasteiger partial charge on any atom is 0.256 e. The fourth-order valence-electron chi connectivity index (χ4n) is 1.03. The molecule has 0 fully saturated rings. The minimum atomic E-state index is 0.00574. The highest BCUT2D eigenvalue weighted by atomic mass is 32.1. The topological polar surface area (TPSA) is 29.5 Å². The Hall–Kier alpha value is -0.870. The molecule has 72 valence electrons. The van der Waals surface area contributed by atoms with Gasteiger partial charge in [-0.1, -0.05) is 0 Å². The average Bonchev–Trinajstić information content (AvgIpc) is 2.51. The van der Waals surface area contributed by atoms with Crippen molar-refractivity contribution in [3.63, 3.8) is 0 Å². The number of methoxy groups -OCH3 is 1. The third-order valence-corrected chi connectivity index (χ3v) is 2.51. The number of thiophene rings is 1. The lowest BCUT2D eigenvalue weighted by Crippen LogP contribution is -2.28. The van der Waals surface area contributed by atoms with Crippen molar-refractivity contribution in [3.05, 3.63) is 21.9 Å². The zero-order chi connectivity index (χ0) is 9.84. The molecule has 0 atom stereocenters. The quantitative estimate of drug-likeness (QED) is 0.694. The molecule has 0 unspecified atom stereocenters. The lowest BCUT2D eigenvalue weighted by Gasteiger charge is -2.14. The van der Waals surface area contributed by atoms with Crippen LogP contribution in [0, 0.1) is 6.92 Å². The van der Waals surface area contributed by atoms with Gasteiger partial charge in [-0.15, -0.1) is 11.3 Å². The van der Waals surface area contributed by atoms with Crippen LogP contribution in [0.4, 0.5) is 0 Å². The molecular weight excluding hydrogens is 186 g/mol. The number of hydrogen-bond donors (Lipinski definition) is 0. The molecule has 13 heavy (non-hydrogen) atoms. The fourth-order valence-corrected chi connectivity index (χ4v) is 1.70. The maximum atomic E-state index is 11.6. The van der Waals surface area contributed by atoms with E-state index in [9.17, 15) is 4.79 Å². The Kier molecular flexibility index (Phi) is 3.45. The number of ether oxygens (including phenoxy) is 1. The lowest BCUT2D eigenvalue weighted by atomic mass is 10.3. The number of carbonyl (C=O) groups excluding carboxylic acids is 1. The molecular formula is C9H13NO2S. The van der Waals surface area contributed by atoms with Gasteiger partial charge in [-0.2, -0.15) is 0 Å². The molecule has 1 aromatic rings. The number of carbonyl (C=O) groups is 1. The number of amides is 1. The zero-order valence-corrected chi connectivity index (χ0v) is 8.85. The first-order chi connectivity index (χ1) is 6.15. The normalized spacial score (nSPS) is 10.1. The SMILES string of the molecule is COCN(C)C(=O)c1csc(C)c1. The summed E-state index contributed by atoms with van der Waals surface area (Å²) in [6, 6.07) is 1.89. The second kappa shape index (κ2) is 4.39. The first-order valence-electron chi connectivity index (χ1n) is 3.94. The molecule has 0 radical (unpaired) electrons. The van der Waals surface area contributed by atoms with Crippen molar-refractivity contribution in [2.75, 3.05) is 20.9 Å². The molecule has 0 N–H and O–H groups in total. The van der Waals surface area contributed by atoms with Crippen molar-refractivity contribution in [1.82, 2.24) is 4.90 Å². The van der Waals surface area contributed by atoms with Gasteiger partial charge in [0.2, 0.25) is 0 Å². The van der Waals surface area contributed by atoms with Crippen LogP contribution in [0.2, 0.25) is 0 Å². The molecule has 0 aliphatic heterocycles. The van der Waals surface area contributed by atoms with Gasteiger partial charge in [0.25, 0.3) is 5.91 Å². The van der Waals surface area contributed by atoms with Gasteiger partial charge in [-0.3, -0.25) is 4.79 Å². The van der Waals surface area contributed by atoms with Gasteiger partial charge < -0.3 is 9.64 Å². The second-order valence-electron chi connectivity index (χ2n) is 2.87. The van der Waals surface area contributed by atoms with Crippen LogP contribution in [0.15, 0.2) is 11.4 Å². The molecule has 1 amide bonds. The predicted octanol–water partition coefficient (Wildman–Crippen LogP) is 1.73. The second-order valence-corrected chi connectivity index (χ2v) is 3.98. The molecule has 1 rings (SSSR count). The smallest absolute Gasteiger partial charge is 0.256 e. The summed E-state index contributed by atoms with van der Waals surface area (Å²) in [5.74, 6) is 0.00574. The molecule has 0 aliphatic carbocycles. The van der Waals surface area contributed by atoms with Gasteiger partial charge in [0.05, 0.1) is 5.56 Å². The first kappa shape index (κ1) is 10.2. The number of aryl methyl sites for hydroxylation is 1. The van der Waals surface area contributed by atoms with Gasteiger partial charge in [-0.05, 0) is 13.0 Å². The molecule has 0 saturated carbocycles. The van der Waals surface area contributed by atoms with Crippen molar-refractivity contribution < 1.29 is 9.53 Å². The van der Waals surface area contributed by atoms with E-state index in [1.165, 1.54) is 0 Å². The minimum Gasteiger partial charge on any atom is -0.364 e. The molecule has 1 heterocycles. The van der Waals surface area contributed by atoms with E-state index >= 15 is 0 Å². The Morgan fingerprint density at radius 3 is 2.85 bits per heavy atom. The van der Waals surface area contributed by atoms with Gasteiger partial charge in [0.15, 0.2) is 0 Å². The van der Waals surface area contributed by atoms with Crippen molar-refractivity contribution in [2.24, 2.45) is 0 Å². The molecule has 0 bridgehead atoms. The van der Waals surface area contributed by atoms with Crippen molar-refractivity contribution in [3.8, 4) is 0 Å². The van der Waals surface area contributed by atoms with E-state index in [0.717, 1.165) is 10.4 Å². The molecule has 0 aliphatic rings. The van der Waals surface area contributed by atoms with Gasteiger partial charge in [0, 0.05) is 24.4 Å². The van der Waals surface area contributed by atoms with Crippen LogP contribution in [-0.2, 0) is 4.74 Å². The minimum absolute atomic E-state index is 0.00574. The predicted molar refractivity (Wildman–Crippen MR) is 53.0 cm³/mol. The maximum absolute atomic E-state index is 11.6. The molecule has 3 nitrogen and oxygen atoms in total. The van der Waals surface area contributed by atoms with E-state index in [1.54, 1.807) is 30.4 Å². The van der Waals surface area contributed by atoms with E-state index in [2.05, 4.69) is 0 Å². The summed E-state index contributed by atoms with van der Waals surface area (Å²) >= 11 is 1.58. The zero-order valence-electron chi connectivity index (χ0n) is 8.03. The van der Waals surface area contributed by atoms with Crippen molar-refractivity contribution >= 4 is 17.2 Å². The van der Waals surface area contributed by atoms with Crippen LogP contribution in [0.3, 0.4) is 0 Å². The van der Waals surface area contributed by atoms with Crippen LogP contribution in [-0.4, -0.2) is 31.7 Å².